The average Bonchev–Trinajstić information content (AvgIpc) is 3.09. The van der Waals surface area contributed by atoms with Crippen molar-refractivity contribution in [3.63, 3.8) is 0 Å². The first-order valence-electron chi connectivity index (χ1n) is 8.76. The number of hydrogen-bond donors (Lipinski definition) is 1. The summed E-state index contributed by atoms with van der Waals surface area (Å²) in [6, 6.07) is 9.83. The van der Waals surface area contributed by atoms with Crippen molar-refractivity contribution in [2.75, 3.05) is 14.1 Å². The van der Waals surface area contributed by atoms with Crippen LogP contribution >= 0.6 is 34.8 Å². The van der Waals surface area contributed by atoms with Crippen molar-refractivity contribution in [1.82, 2.24) is 19.9 Å². The molecule has 0 bridgehead atoms. The van der Waals surface area contributed by atoms with Crippen molar-refractivity contribution in [3.8, 4) is 0 Å². The van der Waals surface area contributed by atoms with Crippen molar-refractivity contribution in [3.05, 3.63) is 62.7 Å². The number of halogens is 3. The third-order valence-corrected chi connectivity index (χ3v) is 6.54. The lowest BCUT2D eigenvalue weighted by Gasteiger charge is -2.14. The van der Waals surface area contributed by atoms with Crippen molar-refractivity contribution < 1.29 is 9.35 Å². The first-order chi connectivity index (χ1) is 14.7. The molecule has 0 saturated carbocycles. The summed E-state index contributed by atoms with van der Waals surface area (Å²) < 4.78 is 14.3. The number of hydrogen-bond acceptors (Lipinski definition) is 5. The van der Waals surface area contributed by atoms with Gasteiger partial charge in [-0.2, -0.15) is 0 Å². The minimum atomic E-state index is -1.60. The molecule has 0 radical (unpaired) electrons. The lowest BCUT2D eigenvalue weighted by atomic mass is 10.2. The van der Waals surface area contributed by atoms with Crippen molar-refractivity contribution in [2.45, 2.75) is 16.3 Å². The molecule has 1 heterocycles. The van der Waals surface area contributed by atoms with Crippen LogP contribution in [0.3, 0.4) is 0 Å². The topological polar surface area (TPSA) is 112 Å². The van der Waals surface area contributed by atoms with E-state index in [0.717, 1.165) is 0 Å². The number of rotatable bonds is 7. The van der Waals surface area contributed by atoms with E-state index in [0.29, 0.717) is 15.5 Å². The van der Waals surface area contributed by atoms with Gasteiger partial charge in [-0.3, -0.25) is 4.79 Å². The second-order valence-electron chi connectivity index (χ2n) is 6.60. The highest BCUT2D eigenvalue weighted by molar-refractivity contribution is 7.91. The molecule has 3 aromatic rings. The average molecular weight is 500 g/mol. The molecular weight excluding hydrogens is 483 g/mol. The zero-order chi connectivity index (χ0) is 22.7. The molecule has 3 rings (SSSR count). The number of aromatic nitrogens is 3. The summed E-state index contributed by atoms with van der Waals surface area (Å²) in [5.41, 5.74) is 5.95. The van der Waals surface area contributed by atoms with E-state index in [2.05, 4.69) is 15.3 Å². The van der Waals surface area contributed by atoms with Crippen molar-refractivity contribution in [2.24, 2.45) is 10.7 Å². The zero-order valence-corrected chi connectivity index (χ0v) is 19.5. The lowest BCUT2D eigenvalue weighted by molar-refractivity contribution is 0.0996. The van der Waals surface area contributed by atoms with Crippen molar-refractivity contribution in [1.29, 1.82) is 0 Å². The van der Waals surface area contributed by atoms with Crippen LogP contribution in [0.15, 0.2) is 51.2 Å². The van der Waals surface area contributed by atoms with E-state index in [1.807, 2.05) is 0 Å². The van der Waals surface area contributed by atoms with Gasteiger partial charge in [0.15, 0.2) is 21.3 Å². The summed E-state index contributed by atoms with van der Waals surface area (Å²) in [4.78, 5) is 18.4. The Morgan fingerprint density at radius 2 is 1.84 bits per heavy atom. The Balaban J connectivity index is 1.94. The maximum absolute atomic E-state index is 12.9. The maximum atomic E-state index is 12.9. The highest BCUT2D eigenvalue weighted by atomic mass is 35.5. The van der Waals surface area contributed by atoms with Crippen LogP contribution in [0.25, 0.3) is 0 Å². The molecule has 0 aliphatic heterocycles. The van der Waals surface area contributed by atoms with Crippen LogP contribution in [0.1, 0.15) is 16.1 Å². The molecule has 1 amide bonds. The largest absolute Gasteiger partial charge is 0.606 e. The third-order valence-electron chi connectivity index (χ3n) is 3.96. The number of primary amides is 1. The number of amides is 1. The Hall–Kier alpha value is -2.30. The third kappa shape index (κ3) is 5.50. The number of carbonyl (C=O) groups excluding carboxylic acids is 1. The van der Waals surface area contributed by atoms with Gasteiger partial charge in [-0.15, -0.1) is 5.10 Å². The number of benzene rings is 2. The van der Waals surface area contributed by atoms with Crippen LogP contribution in [0.4, 0.5) is 5.82 Å². The van der Waals surface area contributed by atoms with Gasteiger partial charge in [-0.05, 0) is 42.0 Å². The van der Waals surface area contributed by atoms with Crippen molar-refractivity contribution >= 4 is 64.0 Å². The van der Waals surface area contributed by atoms with Crippen LogP contribution < -0.4 is 5.73 Å². The molecule has 0 aliphatic rings. The van der Waals surface area contributed by atoms with Crippen LogP contribution in [0.2, 0.25) is 15.1 Å². The minimum Gasteiger partial charge on any atom is -0.606 e. The molecule has 12 heteroatoms. The summed E-state index contributed by atoms with van der Waals surface area (Å²) in [7, 11) is 3.56. The Morgan fingerprint density at radius 1 is 1.23 bits per heavy atom. The van der Waals surface area contributed by atoms with Crippen LogP contribution in [-0.4, -0.2) is 50.8 Å². The van der Waals surface area contributed by atoms with Gasteiger partial charge >= 0.3 is 0 Å². The molecule has 1 unspecified atom stereocenters. The lowest BCUT2D eigenvalue weighted by Crippen LogP contribution is -2.13. The molecule has 162 valence electrons. The number of carbonyl (C=O) groups is 1. The van der Waals surface area contributed by atoms with Gasteiger partial charge in [-0.25, -0.2) is 9.67 Å². The molecule has 0 spiro atoms. The summed E-state index contributed by atoms with van der Waals surface area (Å²) in [6.07, 6.45) is 1.50. The second kappa shape index (κ2) is 9.88. The fraction of sp³-hybridized carbons (Fsp3) is 0.158. The van der Waals surface area contributed by atoms with Gasteiger partial charge in [0.25, 0.3) is 5.91 Å². The Morgan fingerprint density at radius 3 is 2.39 bits per heavy atom. The number of aliphatic imine (C=N–C) groups is 1. The molecule has 2 aromatic carbocycles. The van der Waals surface area contributed by atoms with Crippen LogP contribution in [0.5, 0.6) is 0 Å². The van der Waals surface area contributed by atoms with E-state index >= 15 is 0 Å². The molecule has 31 heavy (non-hydrogen) atoms. The highest BCUT2D eigenvalue weighted by Gasteiger charge is 2.24. The Bertz CT molecular complexity index is 1110. The monoisotopic (exact) mass is 498 g/mol. The molecule has 8 nitrogen and oxygen atoms in total. The van der Waals surface area contributed by atoms with Crippen LogP contribution in [0, 0.1) is 0 Å². The van der Waals surface area contributed by atoms with Gasteiger partial charge in [0.2, 0.25) is 0 Å². The molecule has 1 atom stereocenters. The van der Waals surface area contributed by atoms with E-state index in [9.17, 15) is 9.35 Å². The van der Waals surface area contributed by atoms with Crippen LogP contribution in [-0.2, 0) is 17.7 Å². The summed E-state index contributed by atoms with van der Waals surface area (Å²) >= 11 is 17.1. The minimum absolute atomic E-state index is 0.0595. The normalized spacial score (nSPS) is 12.3. The maximum Gasteiger partial charge on any atom is 0.273 e. The van der Waals surface area contributed by atoms with Gasteiger partial charge in [0, 0.05) is 30.3 Å². The Labute approximate surface area is 196 Å². The highest BCUT2D eigenvalue weighted by Crippen LogP contribution is 2.35. The first-order valence-corrected chi connectivity index (χ1v) is 11.0. The summed E-state index contributed by atoms with van der Waals surface area (Å²) in [5, 5.41) is 8.75. The molecular formula is C19H17Cl3N6O2S. The van der Waals surface area contributed by atoms with E-state index < -0.39 is 17.1 Å². The van der Waals surface area contributed by atoms with Gasteiger partial charge in [0.1, 0.15) is 0 Å². The van der Waals surface area contributed by atoms with E-state index in [-0.39, 0.29) is 33.0 Å². The van der Waals surface area contributed by atoms with Gasteiger partial charge in [0.05, 0.1) is 22.9 Å². The standard InChI is InChI=1S/C19H17Cl3N6O2S/c1-27(2)10-24-19-16(18(23)29)25-26-28(19)9-11-7-14(21)17(15(22)8-11)31(30)13-5-3-12(20)4-6-13/h3-8,10H,9H2,1-2H3,(H2,23,29)/b24-10+. The predicted molar refractivity (Wildman–Crippen MR) is 122 cm³/mol. The Kier molecular flexibility index (Phi) is 7.45. The fourth-order valence-corrected chi connectivity index (χ4v) is 4.77. The molecule has 2 N–H and O–H groups in total. The van der Waals surface area contributed by atoms with E-state index in [1.54, 1.807) is 55.4 Å². The van der Waals surface area contributed by atoms with Gasteiger partial charge < -0.3 is 15.2 Å². The molecule has 1 aromatic heterocycles. The van der Waals surface area contributed by atoms with E-state index in [1.165, 1.54) is 11.0 Å². The smallest absolute Gasteiger partial charge is 0.273 e. The fourth-order valence-electron chi connectivity index (χ4n) is 2.60. The molecule has 0 aliphatic carbocycles. The second-order valence-corrected chi connectivity index (χ2v) is 9.27. The first kappa shape index (κ1) is 23.4. The molecule has 0 fully saturated rings. The number of nitrogens with two attached hydrogens (primary N) is 1. The predicted octanol–water partition coefficient (Wildman–Crippen LogP) is 3.77. The zero-order valence-electron chi connectivity index (χ0n) is 16.4. The quantitative estimate of drug-likeness (QED) is 0.302. The van der Waals surface area contributed by atoms with E-state index in [4.69, 9.17) is 40.5 Å². The number of nitrogens with zero attached hydrogens (tertiary/aromatic N) is 5. The SMILES string of the molecule is CN(C)/C=N/c1c(C(N)=O)nnn1Cc1cc(Cl)c([S+]([O-])c2ccc(Cl)cc2)c(Cl)c1. The summed E-state index contributed by atoms with van der Waals surface area (Å²) in [5.74, 6) is -0.552. The summed E-state index contributed by atoms with van der Waals surface area (Å²) in [6.45, 7) is 0.160. The molecule has 0 saturated heterocycles. The van der Waals surface area contributed by atoms with Gasteiger partial charge in [-0.1, -0.05) is 40.0 Å².